The monoisotopic (exact) mass is 340 g/mol. The molecule has 8 heteroatoms. The van der Waals surface area contributed by atoms with Crippen molar-refractivity contribution in [2.75, 3.05) is 19.7 Å². The zero-order valence-electron chi connectivity index (χ0n) is 14.2. The number of rotatable bonds is 8. The number of likely N-dealkylation sites (tertiary alicyclic amines) is 1. The average Bonchev–Trinajstić information content (AvgIpc) is 3.19. The summed E-state index contributed by atoms with van der Waals surface area (Å²) in [7, 11) is 0. The molecule has 1 amide bonds. The van der Waals surface area contributed by atoms with E-state index in [1.165, 1.54) is 12.8 Å². The van der Waals surface area contributed by atoms with Gasteiger partial charge in [0.15, 0.2) is 5.82 Å². The van der Waals surface area contributed by atoms with Gasteiger partial charge < -0.3 is 14.6 Å². The molecule has 0 bridgehead atoms. The molecule has 2 aliphatic rings. The first-order chi connectivity index (χ1) is 11.5. The standard InChI is InChI=1S/C16H25FN4O3/c1-10(23-9-12-3-4-12)16(22)18-6-14-5-13(17)7-21(14)8-15-19-11(2)24-20-15/h10,12-14H,3-9H2,1-2H3,(H,18,22)/t10?,13-,14-/m0/s1. The Morgan fingerprint density at radius 1 is 1.54 bits per heavy atom. The van der Waals surface area contributed by atoms with Crippen LogP contribution >= 0.6 is 0 Å². The average molecular weight is 340 g/mol. The maximum atomic E-state index is 13.8. The fourth-order valence-electron chi connectivity index (χ4n) is 2.92. The molecule has 3 rings (SSSR count). The molecule has 7 nitrogen and oxygen atoms in total. The maximum Gasteiger partial charge on any atom is 0.248 e. The summed E-state index contributed by atoms with van der Waals surface area (Å²) in [6, 6.07) is -0.0709. The third-order valence-corrected chi connectivity index (χ3v) is 4.55. The molecular formula is C16H25FN4O3. The summed E-state index contributed by atoms with van der Waals surface area (Å²) in [6.45, 7) is 5.26. The predicted molar refractivity (Wildman–Crippen MR) is 83.9 cm³/mol. The minimum absolute atomic E-state index is 0.0709. The van der Waals surface area contributed by atoms with Crippen molar-refractivity contribution in [1.29, 1.82) is 0 Å². The first kappa shape index (κ1) is 17.3. The van der Waals surface area contributed by atoms with Crippen molar-refractivity contribution in [3.05, 3.63) is 11.7 Å². The number of ether oxygens (including phenoxy) is 1. The number of halogens is 1. The molecule has 1 unspecified atom stereocenters. The Bertz CT molecular complexity index is 563. The molecule has 0 spiro atoms. The summed E-state index contributed by atoms with van der Waals surface area (Å²) >= 11 is 0. The smallest absolute Gasteiger partial charge is 0.248 e. The van der Waals surface area contributed by atoms with Gasteiger partial charge in [-0.15, -0.1) is 0 Å². The van der Waals surface area contributed by atoms with E-state index < -0.39 is 12.3 Å². The van der Waals surface area contributed by atoms with Crippen molar-refractivity contribution in [2.45, 2.75) is 58.0 Å². The minimum Gasteiger partial charge on any atom is -0.368 e. The second-order valence-electron chi connectivity index (χ2n) is 6.81. The highest BCUT2D eigenvalue weighted by atomic mass is 19.1. The predicted octanol–water partition coefficient (Wildman–Crippen LogP) is 1.22. The molecular weight excluding hydrogens is 315 g/mol. The molecule has 1 aliphatic carbocycles. The fourth-order valence-corrected chi connectivity index (χ4v) is 2.92. The molecule has 0 radical (unpaired) electrons. The van der Waals surface area contributed by atoms with Gasteiger partial charge in [-0.05, 0) is 32.1 Å². The van der Waals surface area contributed by atoms with Crippen LogP contribution in [0.3, 0.4) is 0 Å². The van der Waals surface area contributed by atoms with Crippen LogP contribution in [0.25, 0.3) is 0 Å². The van der Waals surface area contributed by atoms with E-state index in [4.69, 9.17) is 9.26 Å². The van der Waals surface area contributed by atoms with Gasteiger partial charge in [0.25, 0.3) is 0 Å². The Labute approximate surface area is 140 Å². The molecule has 3 atom stereocenters. The summed E-state index contributed by atoms with van der Waals surface area (Å²) in [5.41, 5.74) is 0. The number of carbonyl (C=O) groups is 1. The summed E-state index contributed by atoms with van der Waals surface area (Å²) < 4.78 is 24.3. The molecule has 134 valence electrons. The van der Waals surface area contributed by atoms with E-state index in [-0.39, 0.29) is 11.9 Å². The van der Waals surface area contributed by atoms with Crippen LogP contribution in [0.1, 0.15) is 37.9 Å². The van der Waals surface area contributed by atoms with Crippen molar-refractivity contribution >= 4 is 5.91 Å². The fraction of sp³-hybridized carbons (Fsp3) is 0.812. The Hall–Kier alpha value is -1.54. The van der Waals surface area contributed by atoms with Crippen molar-refractivity contribution in [3.8, 4) is 0 Å². The topological polar surface area (TPSA) is 80.5 Å². The molecule has 1 aromatic heterocycles. The summed E-state index contributed by atoms with van der Waals surface area (Å²) in [5, 5.41) is 6.72. The molecule has 1 saturated carbocycles. The lowest BCUT2D eigenvalue weighted by atomic mass is 10.2. The van der Waals surface area contributed by atoms with Crippen molar-refractivity contribution < 1.29 is 18.4 Å². The van der Waals surface area contributed by atoms with E-state index in [1.807, 2.05) is 4.90 Å². The quantitative estimate of drug-likeness (QED) is 0.766. The highest BCUT2D eigenvalue weighted by molar-refractivity contribution is 5.80. The van der Waals surface area contributed by atoms with Gasteiger partial charge in [0, 0.05) is 26.1 Å². The maximum absolute atomic E-state index is 13.8. The number of carbonyl (C=O) groups excluding carboxylic acids is 1. The normalized spacial score (nSPS) is 25.8. The molecule has 24 heavy (non-hydrogen) atoms. The van der Waals surface area contributed by atoms with Crippen LogP contribution in [-0.4, -0.2) is 59.0 Å². The van der Waals surface area contributed by atoms with Gasteiger partial charge in [-0.2, -0.15) is 4.98 Å². The number of nitrogens with one attached hydrogen (secondary N) is 1. The van der Waals surface area contributed by atoms with Crippen molar-refractivity contribution in [1.82, 2.24) is 20.4 Å². The Balaban J connectivity index is 1.45. The van der Waals surface area contributed by atoms with Crippen LogP contribution in [0.4, 0.5) is 4.39 Å². The summed E-state index contributed by atoms with van der Waals surface area (Å²) in [4.78, 5) is 18.2. The van der Waals surface area contributed by atoms with E-state index in [0.717, 1.165) is 0 Å². The van der Waals surface area contributed by atoms with E-state index in [0.29, 0.717) is 50.3 Å². The Morgan fingerprint density at radius 3 is 3.00 bits per heavy atom. The van der Waals surface area contributed by atoms with Gasteiger partial charge in [-0.1, -0.05) is 5.16 Å². The van der Waals surface area contributed by atoms with E-state index in [2.05, 4.69) is 15.5 Å². The van der Waals surface area contributed by atoms with Crippen molar-refractivity contribution in [2.24, 2.45) is 5.92 Å². The number of aromatic nitrogens is 2. The van der Waals surface area contributed by atoms with Crippen LogP contribution in [0.15, 0.2) is 4.52 Å². The van der Waals surface area contributed by atoms with E-state index in [1.54, 1.807) is 13.8 Å². The van der Waals surface area contributed by atoms with Gasteiger partial charge in [-0.25, -0.2) is 4.39 Å². The van der Waals surface area contributed by atoms with Gasteiger partial charge in [0.2, 0.25) is 11.8 Å². The molecule has 1 aromatic rings. The third-order valence-electron chi connectivity index (χ3n) is 4.55. The first-order valence-corrected chi connectivity index (χ1v) is 8.58. The number of amides is 1. The van der Waals surface area contributed by atoms with Crippen molar-refractivity contribution in [3.63, 3.8) is 0 Å². The zero-order valence-corrected chi connectivity index (χ0v) is 14.2. The summed E-state index contributed by atoms with van der Waals surface area (Å²) in [6.07, 6.45) is 1.41. The largest absolute Gasteiger partial charge is 0.368 e. The first-order valence-electron chi connectivity index (χ1n) is 8.58. The lowest BCUT2D eigenvalue weighted by molar-refractivity contribution is -0.132. The molecule has 0 aromatic carbocycles. The Morgan fingerprint density at radius 2 is 2.33 bits per heavy atom. The minimum atomic E-state index is -0.900. The lowest BCUT2D eigenvalue weighted by Crippen LogP contribution is -2.43. The van der Waals surface area contributed by atoms with Gasteiger partial charge >= 0.3 is 0 Å². The van der Waals surface area contributed by atoms with Gasteiger partial charge in [0.05, 0.1) is 13.2 Å². The number of hydrogen-bond acceptors (Lipinski definition) is 6. The SMILES string of the molecule is Cc1nc(CN2C[C@@H](F)C[C@H]2CNC(=O)C(C)OCC2CC2)no1. The molecule has 1 N–H and O–H groups in total. The van der Waals surface area contributed by atoms with Crippen LogP contribution < -0.4 is 5.32 Å². The van der Waals surface area contributed by atoms with E-state index >= 15 is 0 Å². The summed E-state index contributed by atoms with van der Waals surface area (Å²) in [5.74, 6) is 1.51. The molecule has 1 saturated heterocycles. The second-order valence-corrected chi connectivity index (χ2v) is 6.81. The van der Waals surface area contributed by atoms with Crippen LogP contribution in [0.5, 0.6) is 0 Å². The van der Waals surface area contributed by atoms with Crippen LogP contribution in [0, 0.1) is 12.8 Å². The lowest BCUT2D eigenvalue weighted by Gasteiger charge is -2.23. The third kappa shape index (κ3) is 4.73. The molecule has 2 heterocycles. The number of nitrogens with zero attached hydrogens (tertiary/aromatic N) is 3. The van der Waals surface area contributed by atoms with Gasteiger partial charge in [0.1, 0.15) is 12.3 Å². The van der Waals surface area contributed by atoms with E-state index in [9.17, 15) is 9.18 Å². The second kappa shape index (κ2) is 7.57. The molecule has 2 fully saturated rings. The number of hydrogen-bond donors (Lipinski definition) is 1. The zero-order chi connectivity index (χ0) is 17.1. The van der Waals surface area contributed by atoms with Crippen LogP contribution in [-0.2, 0) is 16.1 Å². The van der Waals surface area contributed by atoms with Crippen LogP contribution in [0.2, 0.25) is 0 Å². The van der Waals surface area contributed by atoms with Gasteiger partial charge in [-0.3, -0.25) is 9.69 Å². The highest BCUT2D eigenvalue weighted by Crippen LogP contribution is 2.29. The number of aryl methyl sites for hydroxylation is 1. The molecule has 1 aliphatic heterocycles. The highest BCUT2D eigenvalue weighted by Gasteiger charge is 2.33. The Kier molecular flexibility index (Phi) is 5.45. The number of alkyl halides is 1.